The summed E-state index contributed by atoms with van der Waals surface area (Å²) in [6, 6.07) is 0. The summed E-state index contributed by atoms with van der Waals surface area (Å²) in [4.78, 5) is 0. The molecule has 0 aromatic rings. The van der Waals surface area contributed by atoms with Crippen LogP contribution in [0, 0.1) is 0 Å². The summed E-state index contributed by atoms with van der Waals surface area (Å²) in [5.74, 6) is 0. The molecule has 0 N–H and O–H groups in total. The van der Waals surface area contributed by atoms with Crippen LogP contribution in [0.3, 0.4) is 0 Å². The second kappa shape index (κ2) is 35.3. The van der Waals surface area contributed by atoms with E-state index in [1.807, 2.05) is 0 Å². The van der Waals surface area contributed by atoms with Gasteiger partial charge in [-0.2, -0.15) is 0 Å². The summed E-state index contributed by atoms with van der Waals surface area (Å²) in [6.45, 7) is 0. The smallest absolute Gasteiger partial charge is 0 e. The maximum atomic E-state index is 0. The van der Waals surface area contributed by atoms with Crippen LogP contribution in [0.5, 0.6) is 0 Å². The van der Waals surface area contributed by atoms with Crippen molar-refractivity contribution in [3.8, 4) is 0 Å². The van der Waals surface area contributed by atoms with Gasteiger partial charge in [0.1, 0.15) is 0 Å². The Morgan fingerprint density at radius 3 is 0.333 bits per heavy atom. The molecular weight excluding hydrogens is 967 g/mol. The molecule has 6 heteroatoms. The van der Waals surface area contributed by atoms with Crippen molar-refractivity contribution in [2.24, 2.45) is 0 Å². The van der Waals surface area contributed by atoms with Gasteiger partial charge >= 0.3 is 0 Å². The van der Waals surface area contributed by atoms with E-state index in [9.17, 15) is 0 Å². The summed E-state index contributed by atoms with van der Waals surface area (Å²) in [5.41, 5.74) is 0. The van der Waals surface area contributed by atoms with Gasteiger partial charge in [0.2, 0.25) is 0 Å². The summed E-state index contributed by atoms with van der Waals surface area (Å²) in [5, 5.41) is 0. The van der Waals surface area contributed by atoms with Crippen LogP contribution < -0.4 is 0 Å². The molecule has 0 aliphatic heterocycles. The summed E-state index contributed by atoms with van der Waals surface area (Å²) >= 11 is 0. The molecular formula is TiW5. The monoisotopic (exact) mass is 968 g/mol. The average Bonchev–Trinajstić information content (AvgIpc) is 0. The fourth-order valence-corrected chi connectivity index (χ4v) is 0. The molecule has 0 rings (SSSR count). The van der Waals surface area contributed by atoms with Crippen molar-refractivity contribution in [1.29, 1.82) is 0 Å². The van der Waals surface area contributed by atoms with Crippen molar-refractivity contribution in [2.75, 3.05) is 0 Å². The van der Waals surface area contributed by atoms with Gasteiger partial charge in [0, 0.05) is 127 Å². The van der Waals surface area contributed by atoms with Gasteiger partial charge in [-0.25, -0.2) is 0 Å². The normalized spacial score (nSPS) is 0. The molecule has 0 nitrogen and oxygen atoms in total. The SMILES string of the molecule is [Ti].[W].[W].[W].[W].[W]. The minimum atomic E-state index is 0. The zero-order chi connectivity index (χ0) is 0. The second-order valence-corrected chi connectivity index (χ2v) is 0. The zero-order valence-corrected chi connectivity index (χ0v) is 18.8. The third kappa shape index (κ3) is 24.2. The number of hydrogen-bond acceptors (Lipinski definition) is 0. The standard InChI is InChI=1S/Ti.5W. The first kappa shape index (κ1) is 49.3. The first-order valence-corrected chi connectivity index (χ1v) is 0. The van der Waals surface area contributed by atoms with Gasteiger partial charge in [-0.15, -0.1) is 0 Å². The molecule has 0 amide bonds. The van der Waals surface area contributed by atoms with Crippen molar-refractivity contribution in [1.82, 2.24) is 0 Å². The fourth-order valence-electron chi connectivity index (χ4n) is 0. The van der Waals surface area contributed by atoms with Gasteiger partial charge in [0.15, 0.2) is 0 Å². The molecule has 0 saturated carbocycles. The number of hydrogen-bond donors (Lipinski definition) is 0. The van der Waals surface area contributed by atoms with Crippen LogP contribution in [-0.4, -0.2) is 0 Å². The Kier molecular flexibility index (Phi) is 290. The molecule has 0 spiro atoms. The molecule has 0 fully saturated rings. The van der Waals surface area contributed by atoms with Gasteiger partial charge in [-0.3, -0.25) is 0 Å². The van der Waals surface area contributed by atoms with Crippen molar-refractivity contribution in [2.45, 2.75) is 0 Å². The third-order valence-corrected chi connectivity index (χ3v) is 0. The molecule has 0 atom stereocenters. The van der Waals surface area contributed by atoms with Gasteiger partial charge < -0.3 is 0 Å². The van der Waals surface area contributed by atoms with Gasteiger partial charge in [0.05, 0.1) is 0 Å². The van der Waals surface area contributed by atoms with E-state index in [1.54, 1.807) is 0 Å². The molecule has 0 radical (unpaired) electrons. The van der Waals surface area contributed by atoms with Crippen LogP contribution in [0.4, 0.5) is 0 Å². The van der Waals surface area contributed by atoms with Crippen LogP contribution in [0.1, 0.15) is 0 Å². The Bertz CT molecular complexity index is 3.90. The summed E-state index contributed by atoms with van der Waals surface area (Å²) in [6.07, 6.45) is 0. The Morgan fingerprint density at radius 1 is 0.333 bits per heavy atom. The quantitative estimate of drug-likeness (QED) is 0.301. The van der Waals surface area contributed by atoms with E-state index in [0.717, 1.165) is 0 Å². The Morgan fingerprint density at radius 2 is 0.333 bits per heavy atom. The minimum absolute atomic E-state index is 0. The van der Waals surface area contributed by atoms with E-state index >= 15 is 0 Å². The van der Waals surface area contributed by atoms with Gasteiger partial charge in [-0.1, -0.05) is 0 Å². The number of rotatable bonds is 0. The first-order valence-electron chi connectivity index (χ1n) is 0. The Balaban J connectivity index is 0. The minimum Gasteiger partial charge on any atom is 0 e. The maximum Gasteiger partial charge on any atom is 0 e. The van der Waals surface area contributed by atoms with Crippen LogP contribution >= 0.6 is 0 Å². The van der Waals surface area contributed by atoms with Crippen LogP contribution in [0.2, 0.25) is 0 Å². The topological polar surface area (TPSA) is 0 Å². The van der Waals surface area contributed by atoms with Gasteiger partial charge in [0.25, 0.3) is 0 Å². The van der Waals surface area contributed by atoms with E-state index in [4.69, 9.17) is 0 Å². The molecule has 6 heavy (non-hydrogen) atoms. The molecule has 0 aromatic carbocycles. The Hall–Kier alpha value is 4.16. The predicted octanol–water partition coefficient (Wildman–Crippen LogP) is -0.0150. The van der Waals surface area contributed by atoms with Crippen molar-refractivity contribution in [3.63, 3.8) is 0 Å². The van der Waals surface area contributed by atoms with Crippen LogP contribution in [0.15, 0.2) is 0 Å². The second-order valence-electron chi connectivity index (χ2n) is 0. The maximum absolute atomic E-state index is 0. The summed E-state index contributed by atoms with van der Waals surface area (Å²) < 4.78 is 0. The van der Waals surface area contributed by atoms with Crippen molar-refractivity contribution < 1.29 is 127 Å². The summed E-state index contributed by atoms with van der Waals surface area (Å²) in [7, 11) is 0. The van der Waals surface area contributed by atoms with E-state index in [0.29, 0.717) is 0 Å². The fraction of sp³-hybridized carbons (Fsp3) is 0. The van der Waals surface area contributed by atoms with E-state index < -0.39 is 0 Å². The average molecular weight is 967 g/mol. The largest absolute Gasteiger partial charge is 0 e. The van der Waals surface area contributed by atoms with Crippen LogP contribution in [-0.2, 0) is 127 Å². The predicted molar refractivity (Wildman–Crippen MR) is 0 cm³/mol. The molecule has 0 aromatic heterocycles. The van der Waals surface area contributed by atoms with Gasteiger partial charge in [-0.05, 0) is 0 Å². The molecule has 0 unspecified atom stereocenters. The first-order chi connectivity index (χ1) is 0. The van der Waals surface area contributed by atoms with E-state index in [-0.39, 0.29) is 127 Å². The van der Waals surface area contributed by atoms with Crippen LogP contribution in [0.25, 0.3) is 0 Å². The zero-order valence-electron chi connectivity index (χ0n) is 2.54. The van der Waals surface area contributed by atoms with E-state index in [1.165, 1.54) is 0 Å². The molecule has 0 bridgehead atoms. The van der Waals surface area contributed by atoms with Crippen molar-refractivity contribution in [3.05, 3.63) is 0 Å². The molecule has 0 heterocycles. The molecule has 0 aliphatic rings. The third-order valence-electron chi connectivity index (χ3n) is 0. The molecule has 0 saturated heterocycles. The van der Waals surface area contributed by atoms with E-state index in [2.05, 4.69) is 0 Å². The molecule has 0 aliphatic carbocycles. The molecule has 34 valence electrons. The Labute approximate surface area is 124 Å². The van der Waals surface area contributed by atoms with Crippen molar-refractivity contribution >= 4 is 0 Å².